The van der Waals surface area contributed by atoms with Crippen molar-refractivity contribution in [3.05, 3.63) is 28.5 Å². The first-order valence-electron chi connectivity index (χ1n) is 5.58. The Hall–Kier alpha value is -0.650. The van der Waals surface area contributed by atoms with E-state index in [1.807, 2.05) is 0 Å². The molecule has 5 heteroatoms. The molecule has 0 amide bonds. The van der Waals surface area contributed by atoms with Crippen LogP contribution in [0.1, 0.15) is 12.8 Å². The van der Waals surface area contributed by atoms with E-state index in [1.54, 1.807) is 19.2 Å². The number of ether oxygens (including phenoxy) is 1. The third-order valence-corrected chi connectivity index (χ3v) is 3.02. The van der Waals surface area contributed by atoms with Gasteiger partial charge in [0.25, 0.3) is 0 Å². The van der Waals surface area contributed by atoms with Crippen molar-refractivity contribution in [2.75, 3.05) is 25.6 Å². The largest absolute Gasteiger partial charge is 0.383 e. The number of nitrogens with one attached hydrogen (secondary N) is 1. The Balaban J connectivity index is 2.61. The van der Waals surface area contributed by atoms with Crippen LogP contribution in [0.25, 0.3) is 0 Å². The molecule has 1 aromatic rings. The second-order valence-electron chi connectivity index (χ2n) is 3.86. The molecule has 0 fully saturated rings. The van der Waals surface area contributed by atoms with Crippen molar-refractivity contribution in [2.24, 2.45) is 5.73 Å². The van der Waals surface area contributed by atoms with Crippen LogP contribution in [0.15, 0.2) is 22.7 Å². The summed E-state index contributed by atoms with van der Waals surface area (Å²) in [7, 11) is 1.66. The Morgan fingerprint density at radius 2 is 2.29 bits per heavy atom. The molecule has 0 aliphatic heterocycles. The summed E-state index contributed by atoms with van der Waals surface area (Å²) in [5, 5.41) is 3.31. The summed E-state index contributed by atoms with van der Waals surface area (Å²) in [5.74, 6) is -0.263. The van der Waals surface area contributed by atoms with Crippen LogP contribution >= 0.6 is 15.9 Å². The quantitative estimate of drug-likeness (QED) is 0.814. The average Bonchev–Trinajstić information content (AvgIpc) is 2.31. The molecule has 0 radical (unpaired) electrons. The Labute approximate surface area is 110 Å². The number of halogens is 2. The fourth-order valence-corrected chi connectivity index (χ4v) is 1.96. The summed E-state index contributed by atoms with van der Waals surface area (Å²) < 4.78 is 18.7. The summed E-state index contributed by atoms with van der Waals surface area (Å²) in [6.07, 6.45) is 1.86. The standard InChI is InChI=1S/C12H18BrFN2O/c1-17-8-10(3-2-6-15)16-9-4-5-12(14)11(13)7-9/h4-5,7,10,16H,2-3,6,8,15H2,1H3. The fourth-order valence-electron chi connectivity index (χ4n) is 1.58. The lowest BCUT2D eigenvalue weighted by molar-refractivity contribution is 0.182. The van der Waals surface area contributed by atoms with Crippen molar-refractivity contribution >= 4 is 21.6 Å². The number of hydrogen-bond acceptors (Lipinski definition) is 3. The van der Waals surface area contributed by atoms with Gasteiger partial charge < -0.3 is 15.8 Å². The lowest BCUT2D eigenvalue weighted by atomic mass is 10.1. The molecular formula is C12H18BrFN2O. The van der Waals surface area contributed by atoms with Crippen molar-refractivity contribution in [1.29, 1.82) is 0 Å². The lowest BCUT2D eigenvalue weighted by Gasteiger charge is -2.19. The third kappa shape index (κ3) is 5.02. The number of methoxy groups -OCH3 is 1. The topological polar surface area (TPSA) is 47.3 Å². The van der Waals surface area contributed by atoms with Gasteiger partial charge in [-0.1, -0.05) is 0 Å². The summed E-state index contributed by atoms with van der Waals surface area (Å²) in [4.78, 5) is 0. The second-order valence-corrected chi connectivity index (χ2v) is 4.71. The maximum absolute atomic E-state index is 13.1. The van der Waals surface area contributed by atoms with E-state index in [1.165, 1.54) is 6.07 Å². The Morgan fingerprint density at radius 1 is 1.53 bits per heavy atom. The fraction of sp³-hybridized carbons (Fsp3) is 0.500. The zero-order chi connectivity index (χ0) is 12.7. The van der Waals surface area contributed by atoms with Gasteiger partial charge in [0.15, 0.2) is 0 Å². The van der Waals surface area contributed by atoms with Crippen molar-refractivity contribution < 1.29 is 9.13 Å². The van der Waals surface area contributed by atoms with Gasteiger partial charge in [-0.15, -0.1) is 0 Å². The molecule has 0 aromatic heterocycles. The highest BCUT2D eigenvalue weighted by Crippen LogP contribution is 2.21. The summed E-state index contributed by atoms with van der Waals surface area (Å²) in [6.45, 7) is 1.27. The van der Waals surface area contributed by atoms with E-state index >= 15 is 0 Å². The molecule has 3 nitrogen and oxygen atoms in total. The molecule has 0 saturated carbocycles. The van der Waals surface area contributed by atoms with Gasteiger partial charge in [-0.2, -0.15) is 0 Å². The maximum Gasteiger partial charge on any atom is 0.137 e. The van der Waals surface area contributed by atoms with Crippen LogP contribution in [0.2, 0.25) is 0 Å². The van der Waals surface area contributed by atoms with Gasteiger partial charge in [0, 0.05) is 18.8 Å². The third-order valence-electron chi connectivity index (χ3n) is 2.41. The molecule has 0 heterocycles. The average molecular weight is 305 g/mol. The molecular weight excluding hydrogens is 287 g/mol. The minimum atomic E-state index is -0.263. The Morgan fingerprint density at radius 3 is 2.88 bits per heavy atom. The van der Waals surface area contributed by atoms with Crippen LogP contribution in [0.5, 0.6) is 0 Å². The van der Waals surface area contributed by atoms with Crippen molar-refractivity contribution in [3.8, 4) is 0 Å². The summed E-state index contributed by atoms with van der Waals surface area (Å²) >= 11 is 3.16. The minimum absolute atomic E-state index is 0.195. The van der Waals surface area contributed by atoms with E-state index in [9.17, 15) is 4.39 Å². The monoisotopic (exact) mass is 304 g/mol. The van der Waals surface area contributed by atoms with E-state index in [0.717, 1.165) is 18.5 Å². The van der Waals surface area contributed by atoms with Gasteiger partial charge in [0.05, 0.1) is 11.1 Å². The number of hydrogen-bond donors (Lipinski definition) is 2. The second kappa shape index (κ2) is 7.63. The predicted molar refractivity (Wildman–Crippen MR) is 71.7 cm³/mol. The smallest absolute Gasteiger partial charge is 0.137 e. The molecule has 0 spiro atoms. The molecule has 96 valence electrons. The summed E-state index contributed by atoms with van der Waals surface area (Å²) in [5.41, 5.74) is 6.36. The van der Waals surface area contributed by atoms with E-state index in [-0.39, 0.29) is 11.9 Å². The van der Waals surface area contributed by atoms with E-state index < -0.39 is 0 Å². The number of nitrogens with two attached hydrogens (primary N) is 1. The highest BCUT2D eigenvalue weighted by molar-refractivity contribution is 9.10. The van der Waals surface area contributed by atoms with Crippen LogP contribution < -0.4 is 11.1 Å². The van der Waals surface area contributed by atoms with Crippen molar-refractivity contribution in [2.45, 2.75) is 18.9 Å². The lowest BCUT2D eigenvalue weighted by Crippen LogP contribution is -2.25. The number of rotatable bonds is 7. The number of anilines is 1. The molecule has 0 aliphatic rings. The van der Waals surface area contributed by atoms with Crippen molar-refractivity contribution in [3.63, 3.8) is 0 Å². The highest BCUT2D eigenvalue weighted by Gasteiger charge is 2.08. The van der Waals surface area contributed by atoms with Gasteiger partial charge in [-0.05, 0) is 53.5 Å². The minimum Gasteiger partial charge on any atom is -0.383 e. The van der Waals surface area contributed by atoms with Gasteiger partial charge in [0.1, 0.15) is 5.82 Å². The zero-order valence-electron chi connectivity index (χ0n) is 9.88. The molecule has 0 aliphatic carbocycles. The zero-order valence-corrected chi connectivity index (χ0v) is 11.5. The SMILES string of the molecule is COCC(CCCN)Nc1ccc(F)c(Br)c1. The molecule has 0 bridgehead atoms. The molecule has 17 heavy (non-hydrogen) atoms. The first-order valence-corrected chi connectivity index (χ1v) is 6.37. The summed E-state index contributed by atoms with van der Waals surface area (Å²) in [6, 6.07) is 5.06. The molecule has 1 rings (SSSR count). The maximum atomic E-state index is 13.1. The van der Waals surface area contributed by atoms with Gasteiger partial charge >= 0.3 is 0 Å². The van der Waals surface area contributed by atoms with Crippen LogP contribution in [-0.2, 0) is 4.74 Å². The molecule has 1 aromatic carbocycles. The number of benzene rings is 1. The van der Waals surface area contributed by atoms with Crippen LogP contribution in [-0.4, -0.2) is 26.3 Å². The van der Waals surface area contributed by atoms with Gasteiger partial charge in [0.2, 0.25) is 0 Å². The molecule has 1 atom stereocenters. The van der Waals surface area contributed by atoms with Crippen LogP contribution in [0, 0.1) is 5.82 Å². The first-order chi connectivity index (χ1) is 8.17. The molecule has 1 unspecified atom stereocenters. The normalized spacial score (nSPS) is 12.5. The predicted octanol–water partition coefficient (Wildman–Crippen LogP) is 2.75. The molecule has 0 saturated heterocycles. The van der Waals surface area contributed by atoms with E-state index in [4.69, 9.17) is 10.5 Å². The van der Waals surface area contributed by atoms with E-state index in [0.29, 0.717) is 17.6 Å². The van der Waals surface area contributed by atoms with Gasteiger partial charge in [-0.25, -0.2) is 4.39 Å². The first kappa shape index (κ1) is 14.4. The Kier molecular flexibility index (Phi) is 6.47. The highest BCUT2D eigenvalue weighted by atomic mass is 79.9. The van der Waals surface area contributed by atoms with Crippen molar-refractivity contribution in [1.82, 2.24) is 0 Å². The van der Waals surface area contributed by atoms with Gasteiger partial charge in [-0.3, -0.25) is 0 Å². The van der Waals surface area contributed by atoms with Crippen LogP contribution in [0.3, 0.4) is 0 Å². The van der Waals surface area contributed by atoms with E-state index in [2.05, 4.69) is 21.2 Å². The van der Waals surface area contributed by atoms with Crippen LogP contribution in [0.4, 0.5) is 10.1 Å². The Bertz CT molecular complexity index is 349. The molecule has 3 N–H and O–H groups in total.